The van der Waals surface area contributed by atoms with Gasteiger partial charge in [0.05, 0.1) is 6.04 Å². The van der Waals surface area contributed by atoms with Crippen LogP contribution in [0.15, 0.2) is 48.8 Å². The highest BCUT2D eigenvalue weighted by atomic mass is 14.9. The Kier molecular flexibility index (Phi) is 5.10. The fourth-order valence-corrected chi connectivity index (χ4v) is 2.36. The lowest BCUT2D eigenvalue weighted by Crippen LogP contribution is -2.24. The minimum atomic E-state index is 0.263. The topological polar surface area (TPSA) is 24.9 Å². The van der Waals surface area contributed by atoms with E-state index in [1.165, 1.54) is 16.7 Å². The predicted octanol–water partition coefficient (Wildman–Crippen LogP) is 3.73. The molecule has 0 amide bonds. The molecule has 1 atom stereocenters. The number of nitrogens with one attached hydrogen (secondary N) is 1. The van der Waals surface area contributed by atoms with Crippen LogP contribution in [-0.4, -0.2) is 11.5 Å². The van der Waals surface area contributed by atoms with Crippen LogP contribution in [0.2, 0.25) is 0 Å². The molecule has 2 nitrogen and oxygen atoms in total. The fourth-order valence-electron chi connectivity index (χ4n) is 2.36. The molecule has 1 aromatic heterocycles. The third kappa shape index (κ3) is 3.42. The average molecular weight is 254 g/mol. The molecule has 0 radical (unpaired) electrons. The normalized spacial score (nSPS) is 12.3. The first-order valence-corrected chi connectivity index (χ1v) is 7.08. The first kappa shape index (κ1) is 13.8. The summed E-state index contributed by atoms with van der Waals surface area (Å²) in [6.07, 6.45) is 6.02. The van der Waals surface area contributed by atoms with Crippen LogP contribution in [-0.2, 0) is 6.42 Å². The predicted molar refractivity (Wildman–Crippen MR) is 80.2 cm³/mol. The SMILES string of the molecule is CCCNC(c1ccccc1)c1ccncc1CC. The van der Waals surface area contributed by atoms with Gasteiger partial charge >= 0.3 is 0 Å². The molecule has 0 aliphatic heterocycles. The van der Waals surface area contributed by atoms with Gasteiger partial charge in [0.25, 0.3) is 0 Å². The van der Waals surface area contributed by atoms with Crippen LogP contribution >= 0.6 is 0 Å². The van der Waals surface area contributed by atoms with Crippen molar-refractivity contribution in [3.8, 4) is 0 Å². The van der Waals surface area contributed by atoms with Crippen molar-refractivity contribution in [2.75, 3.05) is 6.54 Å². The molecule has 0 bridgehead atoms. The van der Waals surface area contributed by atoms with Crippen LogP contribution in [0.25, 0.3) is 0 Å². The first-order chi connectivity index (χ1) is 9.36. The molecule has 19 heavy (non-hydrogen) atoms. The van der Waals surface area contributed by atoms with Crippen LogP contribution in [0, 0.1) is 0 Å². The molecule has 0 aliphatic carbocycles. The van der Waals surface area contributed by atoms with E-state index >= 15 is 0 Å². The quantitative estimate of drug-likeness (QED) is 0.849. The maximum Gasteiger partial charge on any atom is 0.0580 e. The van der Waals surface area contributed by atoms with Crippen molar-refractivity contribution in [2.45, 2.75) is 32.7 Å². The van der Waals surface area contributed by atoms with Gasteiger partial charge in [-0.3, -0.25) is 4.98 Å². The standard InChI is InChI=1S/C17H22N2/c1-3-11-19-17(15-8-6-5-7-9-15)16-10-12-18-13-14(16)4-2/h5-10,12-13,17,19H,3-4,11H2,1-2H3. The van der Waals surface area contributed by atoms with E-state index in [9.17, 15) is 0 Å². The number of nitrogens with zero attached hydrogens (tertiary/aromatic N) is 1. The summed E-state index contributed by atoms with van der Waals surface area (Å²) in [5.41, 5.74) is 3.98. The number of hydrogen-bond acceptors (Lipinski definition) is 2. The summed E-state index contributed by atoms with van der Waals surface area (Å²) in [5.74, 6) is 0. The number of rotatable bonds is 6. The van der Waals surface area contributed by atoms with E-state index in [2.05, 4.69) is 60.5 Å². The Morgan fingerprint density at radius 1 is 1.11 bits per heavy atom. The minimum Gasteiger partial charge on any atom is -0.306 e. The summed E-state index contributed by atoms with van der Waals surface area (Å²) in [7, 11) is 0. The van der Waals surface area contributed by atoms with Crippen molar-refractivity contribution in [3.05, 3.63) is 65.5 Å². The Morgan fingerprint density at radius 3 is 2.58 bits per heavy atom. The third-order valence-corrected chi connectivity index (χ3v) is 3.36. The Bertz CT molecular complexity index is 494. The molecule has 0 fully saturated rings. The molecular weight excluding hydrogens is 232 g/mol. The second-order valence-electron chi connectivity index (χ2n) is 4.73. The molecule has 1 N–H and O–H groups in total. The molecule has 1 aromatic carbocycles. The highest BCUT2D eigenvalue weighted by Gasteiger charge is 2.15. The lowest BCUT2D eigenvalue weighted by atomic mass is 9.94. The third-order valence-electron chi connectivity index (χ3n) is 3.36. The lowest BCUT2D eigenvalue weighted by Gasteiger charge is -2.21. The van der Waals surface area contributed by atoms with E-state index in [4.69, 9.17) is 0 Å². The van der Waals surface area contributed by atoms with Crippen LogP contribution in [0.5, 0.6) is 0 Å². The number of aryl methyl sites for hydroxylation is 1. The van der Waals surface area contributed by atoms with Crippen molar-refractivity contribution in [2.24, 2.45) is 0 Å². The molecule has 2 rings (SSSR count). The molecule has 0 saturated carbocycles. The molecule has 100 valence electrons. The van der Waals surface area contributed by atoms with E-state index in [1.54, 1.807) is 0 Å². The number of aromatic nitrogens is 1. The van der Waals surface area contributed by atoms with E-state index < -0.39 is 0 Å². The van der Waals surface area contributed by atoms with Crippen LogP contribution in [0.4, 0.5) is 0 Å². The van der Waals surface area contributed by atoms with Crippen LogP contribution in [0.1, 0.15) is 43.0 Å². The average Bonchev–Trinajstić information content (AvgIpc) is 2.49. The summed E-state index contributed by atoms with van der Waals surface area (Å²) in [6.45, 7) is 5.40. The summed E-state index contributed by atoms with van der Waals surface area (Å²) >= 11 is 0. The van der Waals surface area contributed by atoms with Gasteiger partial charge < -0.3 is 5.32 Å². The smallest absolute Gasteiger partial charge is 0.0580 e. The number of pyridine rings is 1. The Labute approximate surface area is 115 Å². The van der Waals surface area contributed by atoms with Crippen molar-refractivity contribution >= 4 is 0 Å². The molecule has 2 aromatic rings. The molecule has 0 spiro atoms. The molecule has 0 aliphatic rings. The zero-order chi connectivity index (χ0) is 13.5. The van der Waals surface area contributed by atoms with E-state index in [1.807, 2.05) is 12.4 Å². The zero-order valence-corrected chi connectivity index (χ0v) is 11.8. The van der Waals surface area contributed by atoms with E-state index in [0.29, 0.717) is 0 Å². The van der Waals surface area contributed by atoms with Gasteiger partial charge in [0.2, 0.25) is 0 Å². The molecule has 0 saturated heterocycles. The van der Waals surface area contributed by atoms with Crippen molar-refractivity contribution in [3.63, 3.8) is 0 Å². The minimum absolute atomic E-state index is 0.263. The molecule has 1 unspecified atom stereocenters. The van der Waals surface area contributed by atoms with Crippen LogP contribution in [0.3, 0.4) is 0 Å². The highest BCUT2D eigenvalue weighted by molar-refractivity contribution is 5.35. The van der Waals surface area contributed by atoms with Gasteiger partial charge in [-0.25, -0.2) is 0 Å². The summed E-state index contributed by atoms with van der Waals surface area (Å²) in [4.78, 5) is 4.24. The van der Waals surface area contributed by atoms with Gasteiger partial charge in [0, 0.05) is 12.4 Å². The number of benzene rings is 1. The zero-order valence-electron chi connectivity index (χ0n) is 11.8. The van der Waals surface area contributed by atoms with Crippen molar-refractivity contribution in [1.29, 1.82) is 0 Å². The van der Waals surface area contributed by atoms with Crippen molar-refractivity contribution < 1.29 is 0 Å². The monoisotopic (exact) mass is 254 g/mol. The summed E-state index contributed by atoms with van der Waals surface area (Å²) in [6, 6.07) is 13.0. The van der Waals surface area contributed by atoms with Gasteiger partial charge in [-0.1, -0.05) is 44.2 Å². The van der Waals surface area contributed by atoms with E-state index in [-0.39, 0.29) is 6.04 Å². The maximum atomic E-state index is 4.24. The number of hydrogen-bond donors (Lipinski definition) is 1. The maximum absolute atomic E-state index is 4.24. The van der Waals surface area contributed by atoms with Crippen molar-refractivity contribution in [1.82, 2.24) is 10.3 Å². The van der Waals surface area contributed by atoms with Gasteiger partial charge in [-0.05, 0) is 42.1 Å². The Hall–Kier alpha value is -1.67. The molecular formula is C17H22N2. The highest BCUT2D eigenvalue weighted by Crippen LogP contribution is 2.24. The van der Waals surface area contributed by atoms with Crippen LogP contribution < -0.4 is 5.32 Å². The summed E-state index contributed by atoms with van der Waals surface area (Å²) < 4.78 is 0. The second-order valence-corrected chi connectivity index (χ2v) is 4.73. The largest absolute Gasteiger partial charge is 0.306 e. The van der Waals surface area contributed by atoms with E-state index in [0.717, 1.165) is 19.4 Å². The molecule has 2 heteroatoms. The first-order valence-electron chi connectivity index (χ1n) is 7.08. The fraction of sp³-hybridized carbons (Fsp3) is 0.353. The molecule has 1 heterocycles. The van der Waals surface area contributed by atoms with Gasteiger partial charge in [-0.15, -0.1) is 0 Å². The lowest BCUT2D eigenvalue weighted by molar-refractivity contribution is 0.594. The van der Waals surface area contributed by atoms with Gasteiger partial charge in [0.15, 0.2) is 0 Å². The summed E-state index contributed by atoms with van der Waals surface area (Å²) in [5, 5.41) is 3.65. The van der Waals surface area contributed by atoms with Gasteiger partial charge in [-0.2, -0.15) is 0 Å². The Balaban J connectivity index is 2.37. The second kappa shape index (κ2) is 7.05. The van der Waals surface area contributed by atoms with Gasteiger partial charge in [0.1, 0.15) is 0 Å². The Morgan fingerprint density at radius 2 is 1.89 bits per heavy atom.